The number of fused-ring (bicyclic) bond motifs is 1. The summed E-state index contributed by atoms with van der Waals surface area (Å²) < 4.78 is 1.34. The standard InChI is InChI=1S/C16H21NOS/c1-12(17-11-16(18)8-4-5-9-16)15-10-13-6-2-3-7-14(13)19-15/h2-3,6-7,10,12,17-18H,4-5,8-9,11H2,1H3. The van der Waals surface area contributed by atoms with Gasteiger partial charge in [-0.15, -0.1) is 11.3 Å². The van der Waals surface area contributed by atoms with Crippen molar-refractivity contribution in [3.8, 4) is 0 Å². The Morgan fingerprint density at radius 1 is 1.32 bits per heavy atom. The molecule has 0 spiro atoms. The molecule has 3 heteroatoms. The summed E-state index contributed by atoms with van der Waals surface area (Å²) in [4.78, 5) is 1.35. The largest absolute Gasteiger partial charge is 0.389 e. The molecule has 1 atom stereocenters. The van der Waals surface area contributed by atoms with Crippen LogP contribution in [0.1, 0.15) is 43.5 Å². The van der Waals surface area contributed by atoms with Crippen LogP contribution in [0.25, 0.3) is 10.1 Å². The smallest absolute Gasteiger partial charge is 0.0771 e. The van der Waals surface area contributed by atoms with Crippen molar-refractivity contribution in [1.29, 1.82) is 0 Å². The maximum absolute atomic E-state index is 10.4. The predicted molar refractivity (Wildman–Crippen MR) is 81.7 cm³/mol. The minimum Gasteiger partial charge on any atom is -0.389 e. The van der Waals surface area contributed by atoms with Crippen molar-refractivity contribution in [2.45, 2.75) is 44.2 Å². The first-order valence-corrected chi connectivity index (χ1v) is 7.92. The molecule has 1 fully saturated rings. The van der Waals surface area contributed by atoms with Gasteiger partial charge in [0.2, 0.25) is 0 Å². The monoisotopic (exact) mass is 275 g/mol. The quantitative estimate of drug-likeness (QED) is 0.888. The Kier molecular flexibility index (Phi) is 3.61. The third kappa shape index (κ3) is 2.83. The van der Waals surface area contributed by atoms with Gasteiger partial charge in [-0.05, 0) is 37.3 Å². The fourth-order valence-electron chi connectivity index (χ4n) is 2.87. The number of nitrogens with one attached hydrogen (secondary N) is 1. The Bertz CT molecular complexity index is 524. The molecule has 1 aromatic carbocycles. The van der Waals surface area contributed by atoms with Crippen molar-refractivity contribution in [1.82, 2.24) is 5.32 Å². The van der Waals surface area contributed by atoms with Crippen molar-refractivity contribution in [2.75, 3.05) is 6.54 Å². The van der Waals surface area contributed by atoms with E-state index in [1.807, 2.05) is 11.3 Å². The Morgan fingerprint density at radius 3 is 2.79 bits per heavy atom. The summed E-state index contributed by atoms with van der Waals surface area (Å²) in [6.07, 6.45) is 4.21. The van der Waals surface area contributed by atoms with Crippen molar-refractivity contribution < 1.29 is 5.11 Å². The molecule has 1 aliphatic rings. The van der Waals surface area contributed by atoms with Crippen LogP contribution in [0.5, 0.6) is 0 Å². The lowest BCUT2D eigenvalue weighted by molar-refractivity contribution is 0.0454. The highest BCUT2D eigenvalue weighted by molar-refractivity contribution is 7.19. The van der Waals surface area contributed by atoms with Crippen molar-refractivity contribution >= 4 is 21.4 Å². The van der Waals surface area contributed by atoms with Crippen LogP contribution in [0.3, 0.4) is 0 Å². The molecule has 1 aromatic heterocycles. The molecule has 3 rings (SSSR count). The number of hydrogen-bond acceptors (Lipinski definition) is 3. The summed E-state index contributed by atoms with van der Waals surface area (Å²) in [5, 5.41) is 15.2. The lowest BCUT2D eigenvalue weighted by Crippen LogP contribution is -2.38. The third-order valence-corrected chi connectivity index (χ3v) is 5.44. The molecular weight excluding hydrogens is 254 g/mol. The topological polar surface area (TPSA) is 32.3 Å². The molecular formula is C16H21NOS. The molecule has 0 aliphatic heterocycles. The summed E-state index contributed by atoms with van der Waals surface area (Å²) in [6, 6.07) is 11.1. The Labute approximate surface area is 118 Å². The SMILES string of the molecule is CC(NCC1(O)CCCC1)c1cc2ccccc2s1. The van der Waals surface area contributed by atoms with E-state index in [0.29, 0.717) is 12.6 Å². The van der Waals surface area contributed by atoms with Gasteiger partial charge in [-0.1, -0.05) is 31.0 Å². The zero-order valence-corrected chi connectivity index (χ0v) is 12.2. The molecule has 1 saturated carbocycles. The normalized spacial score (nSPS) is 19.9. The van der Waals surface area contributed by atoms with Gasteiger partial charge in [-0.3, -0.25) is 0 Å². The molecule has 2 N–H and O–H groups in total. The predicted octanol–water partition coefficient (Wildman–Crippen LogP) is 3.86. The zero-order valence-electron chi connectivity index (χ0n) is 11.4. The van der Waals surface area contributed by atoms with E-state index in [1.165, 1.54) is 15.0 Å². The van der Waals surface area contributed by atoms with Crippen LogP contribution < -0.4 is 5.32 Å². The van der Waals surface area contributed by atoms with Crippen LogP contribution in [0, 0.1) is 0 Å². The lowest BCUT2D eigenvalue weighted by atomic mass is 10.0. The van der Waals surface area contributed by atoms with E-state index in [2.05, 4.69) is 42.6 Å². The number of thiophene rings is 1. The van der Waals surface area contributed by atoms with Crippen LogP contribution in [0.4, 0.5) is 0 Å². The second-order valence-corrected chi connectivity index (χ2v) is 6.84. The van der Waals surface area contributed by atoms with E-state index in [0.717, 1.165) is 25.7 Å². The number of hydrogen-bond donors (Lipinski definition) is 2. The summed E-state index contributed by atoms with van der Waals surface area (Å²) in [6.45, 7) is 2.89. The Hall–Kier alpha value is -0.900. The van der Waals surface area contributed by atoms with Crippen LogP contribution >= 0.6 is 11.3 Å². The van der Waals surface area contributed by atoms with E-state index in [1.54, 1.807) is 0 Å². The maximum Gasteiger partial charge on any atom is 0.0771 e. The maximum atomic E-state index is 10.4. The van der Waals surface area contributed by atoms with Crippen LogP contribution in [-0.4, -0.2) is 17.3 Å². The molecule has 0 saturated heterocycles. The van der Waals surface area contributed by atoms with Gasteiger partial charge in [0.25, 0.3) is 0 Å². The van der Waals surface area contributed by atoms with E-state index in [-0.39, 0.29) is 0 Å². The van der Waals surface area contributed by atoms with Crippen LogP contribution in [-0.2, 0) is 0 Å². The molecule has 1 heterocycles. The molecule has 2 aromatic rings. The van der Waals surface area contributed by atoms with Gasteiger partial charge in [-0.25, -0.2) is 0 Å². The average molecular weight is 275 g/mol. The van der Waals surface area contributed by atoms with Gasteiger partial charge < -0.3 is 10.4 Å². The summed E-state index contributed by atoms with van der Waals surface area (Å²) in [7, 11) is 0. The van der Waals surface area contributed by atoms with Gasteiger partial charge in [0, 0.05) is 22.2 Å². The second kappa shape index (κ2) is 5.23. The number of benzene rings is 1. The highest BCUT2D eigenvalue weighted by atomic mass is 32.1. The minimum absolute atomic E-state index is 0.307. The first-order chi connectivity index (χ1) is 9.16. The van der Waals surface area contributed by atoms with Gasteiger partial charge in [0.1, 0.15) is 0 Å². The molecule has 102 valence electrons. The molecule has 19 heavy (non-hydrogen) atoms. The van der Waals surface area contributed by atoms with Gasteiger partial charge in [0.15, 0.2) is 0 Å². The fraction of sp³-hybridized carbons (Fsp3) is 0.500. The summed E-state index contributed by atoms with van der Waals surface area (Å²) in [5.74, 6) is 0. The van der Waals surface area contributed by atoms with Crippen LogP contribution in [0.2, 0.25) is 0 Å². The summed E-state index contributed by atoms with van der Waals surface area (Å²) in [5.41, 5.74) is -0.467. The first kappa shape index (κ1) is 13.1. The lowest BCUT2D eigenvalue weighted by Gasteiger charge is -2.24. The molecule has 1 unspecified atom stereocenters. The molecule has 1 aliphatic carbocycles. The van der Waals surface area contributed by atoms with Crippen molar-refractivity contribution in [3.63, 3.8) is 0 Å². The van der Waals surface area contributed by atoms with E-state index in [9.17, 15) is 5.11 Å². The minimum atomic E-state index is -0.467. The van der Waals surface area contributed by atoms with Gasteiger partial charge in [-0.2, -0.15) is 0 Å². The van der Waals surface area contributed by atoms with Gasteiger partial charge in [0.05, 0.1) is 5.60 Å². The third-order valence-electron chi connectivity index (χ3n) is 4.14. The highest BCUT2D eigenvalue weighted by Crippen LogP contribution is 2.32. The highest BCUT2D eigenvalue weighted by Gasteiger charge is 2.31. The average Bonchev–Trinajstić information content (AvgIpc) is 3.02. The molecule has 2 nitrogen and oxygen atoms in total. The Balaban J connectivity index is 1.68. The number of aliphatic hydroxyl groups is 1. The molecule has 0 bridgehead atoms. The number of rotatable bonds is 4. The van der Waals surface area contributed by atoms with Gasteiger partial charge >= 0.3 is 0 Å². The molecule has 0 amide bonds. The van der Waals surface area contributed by atoms with Crippen molar-refractivity contribution in [2.24, 2.45) is 0 Å². The van der Waals surface area contributed by atoms with Crippen LogP contribution in [0.15, 0.2) is 30.3 Å². The molecule has 0 radical (unpaired) electrons. The van der Waals surface area contributed by atoms with E-state index in [4.69, 9.17) is 0 Å². The van der Waals surface area contributed by atoms with Crippen molar-refractivity contribution in [3.05, 3.63) is 35.2 Å². The zero-order chi connectivity index (χ0) is 13.3. The van der Waals surface area contributed by atoms with E-state index < -0.39 is 5.60 Å². The second-order valence-electron chi connectivity index (χ2n) is 5.72. The van der Waals surface area contributed by atoms with E-state index >= 15 is 0 Å². The Morgan fingerprint density at radius 2 is 2.05 bits per heavy atom. The summed E-state index contributed by atoms with van der Waals surface area (Å²) >= 11 is 1.84. The fourth-order valence-corrected chi connectivity index (χ4v) is 3.96. The first-order valence-electron chi connectivity index (χ1n) is 7.11.